The number of carbonyl (C=O) groups excluding carboxylic acids is 1. The maximum Gasteiger partial charge on any atom is 0.307 e. The Balaban J connectivity index is 2.04. The molecule has 0 heterocycles. The zero-order valence-electron chi connectivity index (χ0n) is 12.2. The van der Waals surface area contributed by atoms with E-state index in [2.05, 4.69) is 5.32 Å². The molecule has 2 rings (SSSR count). The topological polar surface area (TPSA) is 69.6 Å². The summed E-state index contributed by atoms with van der Waals surface area (Å²) in [6.07, 6.45) is 0. The highest BCUT2D eigenvalue weighted by Crippen LogP contribution is 2.58. The molecule has 0 spiro atoms. The highest BCUT2D eigenvalue weighted by molar-refractivity contribution is 5.99. The van der Waals surface area contributed by atoms with Gasteiger partial charge in [-0.2, -0.15) is 0 Å². The van der Waals surface area contributed by atoms with Crippen LogP contribution in [0.2, 0.25) is 0 Å². The average molecular weight is 276 g/mol. The second-order valence-corrected chi connectivity index (χ2v) is 6.05. The van der Waals surface area contributed by atoms with Crippen molar-refractivity contribution in [2.75, 3.05) is 24.3 Å². The van der Waals surface area contributed by atoms with Gasteiger partial charge in [-0.1, -0.05) is 13.8 Å². The fourth-order valence-corrected chi connectivity index (χ4v) is 2.65. The van der Waals surface area contributed by atoms with Gasteiger partial charge in [-0.05, 0) is 29.7 Å². The van der Waals surface area contributed by atoms with Crippen molar-refractivity contribution >= 4 is 23.3 Å². The summed E-state index contributed by atoms with van der Waals surface area (Å²) in [5.41, 5.74) is 1.25. The number of anilines is 2. The molecule has 1 amide bonds. The van der Waals surface area contributed by atoms with E-state index in [-0.39, 0.29) is 5.91 Å². The van der Waals surface area contributed by atoms with Crippen LogP contribution in [0.5, 0.6) is 0 Å². The van der Waals surface area contributed by atoms with Crippen molar-refractivity contribution < 1.29 is 14.7 Å². The summed E-state index contributed by atoms with van der Waals surface area (Å²) in [5, 5.41) is 11.9. The molecular formula is C15H20N2O3. The van der Waals surface area contributed by atoms with Crippen LogP contribution in [0.25, 0.3) is 0 Å². The van der Waals surface area contributed by atoms with Crippen molar-refractivity contribution in [2.45, 2.75) is 13.8 Å². The lowest BCUT2D eigenvalue weighted by atomic mass is 10.1. The van der Waals surface area contributed by atoms with Gasteiger partial charge in [0.05, 0.1) is 11.8 Å². The molecule has 0 unspecified atom stereocenters. The van der Waals surface area contributed by atoms with Gasteiger partial charge in [0.15, 0.2) is 0 Å². The molecule has 0 saturated heterocycles. The molecule has 5 heteroatoms. The van der Waals surface area contributed by atoms with Crippen molar-refractivity contribution in [2.24, 2.45) is 17.3 Å². The third kappa shape index (κ3) is 2.48. The normalized spacial score (nSPS) is 23.0. The molecule has 0 aromatic heterocycles. The Morgan fingerprint density at radius 3 is 2.10 bits per heavy atom. The van der Waals surface area contributed by atoms with Crippen molar-refractivity contribution in [3.63, 3.8) is 0 Å². The minimum absolute atomic E-state index is 0.222. The first-order chi connectivity index (χ1) is 9.25. The van der Waals surface area contributed by atoms with Gasteiger partial charge in [0.1, 0.15) is 0 Å². The number of hydrogen-bond acceptors (Lipinski definition) is 3. The first-order valence-electron chi connectivity index (χ1n) is 6.56. The summed E-state index contributed by atoms with van der Waals surface area (Å²) < 4.78 is 0. The number of rotatable bonds is 4. The van der Waals surface area contributed by atoms with E-state index in [1.165, 1.54) is 0 Å². The van der Waals surface area contributed by atoms with E-state index >= 15 is 0 Å². The molecular weight excluding hydrogens is 256 g/mol. The molecule has 0 radical (unpaired) electrons. The molecule has 1 saturated carbocycles. The molecule has 0 aliphatic heterocycles. The van der Waals surface area contributed by atoms with Crippen LogP contribution in [0, 0.1) is 17.3 Å². The van der Waals surface area contributed by atoms with E-state index in [1.807, 2.05) is 57.1 Å². The van der Waals surface area contributed by atoms with Crippen molar-refractivity contribution in [3.8, 4) is 0 Å². The largest absolute Gasteiger partial charge is 0.481 e. The van der Waals surface area contributed by atoms with Gasteiger partial charge in [-0.25, -0.2) is 0 Å². The number of hydrogen-bond donors (Lipinski definition) is 2. The summed E-state index contributed by atoms with van der Waals surface area (Å²) >= 11 is 0. The number of nitrogens with one attached hydrogen (secondary N) is 1. The predicted octanol–water partition coefficient (Wildman–Crippen LogP) is 2.05. The van der Waals surface area contributed by atoms with Gasteiger partial charge in [0.2, 0.25) is 5.91 Å². The quantitative estimate of drug-likeness (QED) is 0.883. The van der Waals surface area contributed by atoms with E-state index in [4.69, 9.17) is 5.11 Å². The van der Waals surface area contributed by atoms with Crippen LogP contribution >= 0.6 is 0 Å². The van der Waals surface area contributed by atoms with Crippen LogP contribution in [-0.4, -0.2) is 31.1 Å². The first-order valence-corrected chi connectivity index (χ1v) is 6.56. The van der Waals surface area contributed by atoms with Crippen LogP contribution in [0.15, 0.2) is 24.3 Å². The van der Waals surface area contributed by atoms with Gasteiger partial charge in [-0.15, -0.1) is 0 Å². The molecule has 1 fully saturated rings. The molecule has 20 heavy (non-hydrogen) atoms. The number of aliphatic carboxylic acids is 1. The maximum atomic E-state index is 12.1. The molecule has 1 aromatic carbocycles. The lowest BCUT2D eigenvalue weighted by Gasteiger charge is -2.13. The summed E-state index contributed by atoms with van der Waals surface area (Å²) in [6, 6.07) is 7.45. The lowest BCUT2D eigenvalue weighted by molar-refractivity contribution is -0.140. The van der Waals surface area contributed by atoms with E-state index in [1.54, 1.807) is 0 Å². The van der Waals surface area contributed by atoms with E-state index in [9.17, 15) is 9.59 Å². The minimum Gasteiger partial charge on any atom is -0.481 e. The van der Waals surface area contributed by atoms with Crippen LogP contribution in [0.4, 0.5) is 11.4 Å². The van der Waals surface area contributed by atoms with Crippen LogP contribution in [0.3, 0.4) is 0 Å². The number of carboxylic acids is 1. The maximum absolute atomic E-state index is 12.1. The Morgan fingerprint density at radius 2 is 1.70 bits per heavy atom. The standard InChI is InChI=1S/C15H20N2O3/c1-15(2)11(12(15)14(19)20)13(18)16-9-5-7-10(8-6-9)17(3)4/h5-8,11-12H,1-4H3,(H,16,18)(H,19,20)/t11-,12+/m1/s1. The Morgan fingerprint density at radius 1 is 1.15 bits per heavy atom. The second-order valence-electron chi connectivity index (χ2n) is 6.05. The monoisotopic (exact) mass is 276 g/mol. The third-order valence-corrected chi connectivity index (χ3v) is 4.03. The molecule has 5 nitrogen and oxygen atoms in total. The third-order valence-electron chi connectivity index (χ3n) is 4.03. The number of carbonyl (C=O) groups is 2. The molecule has 1 aliphatic rings. The molecule has 2 N–H and O–H groups in total. The van der Waals surface area contributed by atoms with Crippen molar-refractivity contribution in [1.82, 2.24) is 0 Å². The minimum atomic E-state index is -0.905. The zero-order valence-corrected chi connectivity index (χ0v) is 12.2. The summed E-state index contributed by atoms with van der Waals surface area (Å²) in [4.78, 5) is 25.2. The van der Waals surface area contributed by atoms with Gasteiger partial charge in [0, 0.05) is 25.5 Å². The first kappa shape index (κ1) is 14.4. The second kappa shape index (κ2) is 4.81. The highest BCUT2D eigenvalue weighted by atomic mass is 16.4. The van der Waals surface area contributed by atoms with Crippen LogP contribution in [0.1, 0.15) is 13.8 Å². The fourth-order valence-electron chi connectivity index (χ4n) is 2.65. The molecule has 108 valence electrons. The molecule has 2 atom stereocenters. The van der Waals surface area contributed by atoms with E-state index < -0.39 is 23.2 Å². The van der Waals surface area contributed by atoms with Crippen molar-refractivity contribution in [1.29, 1.82) is 0 Å². The molecule has 1 aromatic rings. The van der Waals surface area contributed by atoms with Gasteiger partial charge in [0.25, 0.3) is 0 Å². The number of nitrogens with zero attached hydrogens (tertiary/aromatic N) is 1. The zero-order chi connectivity index (χ0) is 15.1. The number of amides is 1. The van der Waals surface area contributed by atoms with Crippen LogP contribution < -0.4 is 10.2 Å². The lowest BCUT2D eigenvalue weighted by Crippen LogP contribution is -2.17. The fraction of sp³-hybridized carbons (Fsp3) is 0.467. The Bertz CT molecular complexity index is 535. The highest BCUT2D eigenvalue weighted by Gasteiger charge is 2.65. The summed E-state index contributed by atoms with van der Waals surface area (Å²) in [6.45, 7) is 3.62. The van der Waals surface area contributed by atoms with Gasteiger partial charge in [-0.3, -0.25) is 9.59 Å². The van der Waals surface area contributed by atoms with Crippen molar-refractivity contribution in [3.05, 3.63) is 24.3 Å². The summed E-state index contributed by atoms with van der Waals surface area (Å²) in [5.74, 6) is -2.19. The van der Waals surface area contributed by atoms with Gasteiger partial charge < -0.3 is 15.3 Å². The predicted molar refractivity (Wildman–Crippen MR) is 77.8 cm³/mol. The number of benzene rings is 1. The smallest absolute Gasteiger partial charge is 0.307 e. The van der Waals surface area contributed by atoms with Crippen LogP contribution in [-0.2, 0) is 9.59 Å². The average Bonchev–Trinajstić information content (AvgIpc) is 2.93. The SMILES string of the molecule is CN(C)c1ccc(NC(=O)[C@H]2[C@@H](C(=O)O)C2(C)C)cc1. The number of carboxylic acid groups (broad SMARTS) is 1. The van der Waals surface area contributed by atoms with E-state index in [0.717, 1.165) is 5.69 Å². The molecule has 1 aliphatic carbocycles. The molecule has 0 bridgehead atoms. The summed E-state index contributed by atoms with van der Waals surface area (Å²) in [7, 11) is 3.88. The van der Waals surface area contributed by atoms with E-state index in [0.29, 0.717) is 5.69 Å². The Hall–Kier alpha value is -2.04. The van der Waals surface area contributed by atoms with Gasteiger partial charge >= 0.3 is 5.97 Å². The Labute approximate surface area is 118 Å². The Kier molecular flexibility index (Phi) is 3.46.